The van der Waals surface area contributed by atoms with Crippen molar-refractivity contribution in [2.75, 3.05) is 39.3 Å². The van der Waals surface area contributed by atoms with Crippen molar-refractivity contribution < 1.29 is 27.8 Å². The van der Waals surface area contributed by atoms with Gasteiger partial charge in [-0.3, -0.25) is 0 Å². The van der Waals surface area contributed by atoms with Gasteiger partial charge >= 0.3 is 5.97 Å². The Hall–Kier alpha value is -1.73. The highest BCUT2D eigenvalue weighted by molar-refractivity contribution is 5.95. The van der Waals surface area contributed by atoms with Gasteiger partial charge in [-0.1, -0.05) is 0 Å². The monoisotopic (exact) mass is 275 g/mol. The molecule has 0 radical (unpaired) electrons. The van der Waals surface area contributed by atoms with Crippen LogP contribution in [0.15, 0.2) is 12.1 Å². The molecule has 5 nitrogen and oxygen atoms in total. The lowest BCUT2D eigenvalue weighted by atomic mass is 10.1. The Balaban J connectivity index is 2.43. The molecule has 0 aromatic heterocycles. The number of anilines is 1. The Morgan fingerprint density at radius 3 is 2.47 bits per heavy atom. The molecule has 0 amide bonds. The summed E-state index contributed by atoms with van der Waals surface area (Å²) in [4.78, 5) is 11.5. The zero-order chi connectivity index (χ0) is 14.3. The van der Waals surface area contributed by atoms with Gasteiger partial charge in [0.2, 0.25) is 0 Å². The Bertz CT molecular complexity index is 440. The second-order valence-electron chi connectivity index (χ2n) is 3.59. The minimum atomic E-state index is -1.16. The van der Waals surface area contributed by atoms with Gasteiger partial charge in [0.25, 0.3) is 0 Å². The van der Waals surface area contributed by atoms with E-state index in [9.17, 15) is 13.6 Å². The number of nitrogens with two attached hydrogens (primary N) is 1. The first kappa shape index (κ1) is 15.3. The van der Waals surface area contributed by atoms with Crippen LogP contribution < -0.4 is 5.73 Å². The van der Waals surface area contributed by atoms with Crippen molar-refractivity contribution in [2.45, 2.75) is 0 Å². The third-order valence-corrected chi connectivity index (χ3v) is 2.20. The molecule has 0 atom stereocenters. The van der Waals surface area contributed by atoms with Gasteiger partial charge in [-0.15, -0.1) is 0 Å². The smallest absolute Gasteiger partial charge is 0.340 e. The van der Waals surface area contributed by atoms with Crippen LogP contribution in [0, 0.1) is 11.6 Å². The summed E-state index contributed by atoms with van der Waals surface area (Å²) in [5, 5.41) is 0. The Morgan fingerprint density at radius 1 is 1.16 bits per heavy atom. The standard InChI is InChI=1S/C12H15F2NO4/c1-17-2-3-18-4-5-19-12(16)8-6-9(13)10(14)7-11(8)15/h6-7H,2-5,15H2,1H3. The van der Waals surface area contributed by atoms with Crippen molar-refractivity contribution >= 4 is 11.7 Å². The van der Waals surface area contributed by atoms with Gasteiger partial charge in [0.05, 0.1) is 25.4 Å². The van der Waals surface area contributed by atoms with Crippen LogP contribution in [-0.2, 0) is 14.2 Å². The van der Waals surface area contributed by atoms with Crippen molar-refractivity contribution in [2.24, 2.45) is 0 Å². The van der Waals surface area contributed by atoms with Gasteiger partial charge in [-0.25, -0.2) is 13.6 Å². The fourth-order valence-electron chi connectivity index (χ4n) is 1.25. The molecule has 0 spiro atoms. The summed E-state index contributed by atoms with van der Waals surface area (Å²) in [6.45, 7) is 0.977. The van der Waals surface area contributed by atoms with Crippen LogP contribution in [0.2, 0.25) is 0 Å². The number of hydrogen-bond acceptors (Lipinski definition) is 5. The highest BCUT2D eigenvalue weighted by Crippen LogP contribution is 2.17. The van der Waals surface area contributed by atoms with Crippen molar-refractivity contribution in [3.63, 3.8) is 0 Å². The average Bonchev–Trinajstić information content (AvgIpc) is 2.37. The molecule has 2 N–H and O–H groups in total. The molecule has 0 saturated carbocycles. The first-order valence-electron chi connectivity index (χ1n) is 5.54. The molecule has 0 saturated heterocycles. The van der Waals surface area contributed by atoms with Gasteiger partial charge in [0, 0.05) is 18.9 Å². The number of carbonyl (C=O) groups is 1. The van der Waals surface area contributed by atoms with Crippen LogP contribution in [0.4, 0.5) is 14.5 Å². The van der Waals surface area contributed by atoms with Crippen LogP contribution in [0.1, 0.15) is 10.4 Å². The third-order valence-electron chi connectivity index (χ3n) is 2.20. The summed E-state index contributed by atoms with van der Waals surface area (Å²) in [6.07, 6.45) is 0. The number of methoxy groups -OCH3 is 1. The van der Waals surface area contributed by atoms with Crippen molar-refractivity contribution in [3.8, 4) is 0 Å². The summed E-state index contributed by atoms with van der Waals surface area (Å²) >= 11 is 0. The van der Waals surface area contributed by atoms with E-state index in [0.717, 1.165) is 6.07 Å². The number of hydrogen-bond donors (Lipinski definition) is 1. The molecule has 106 valence electrons. The van der Waals surface area contributed by atoms with Crippen LogP contribution >= 0.6 is 0 Å². The van der Waals surface area contributed by atoms with Gasteiger partial charge in [0.15, 0.2) is 11.6 Å². The summed E-state index contributed by atoms with van der Waals surface area (Å²) in [5.41, 5.74) is 5.02. The van der Waals surface area contributed by atoms with Crippen LogP contribution in [0.3, 0.4) is 0 Å². The number of carbonyl (C=O) groups excluding carboxylic acids is 1. The highest BCUT2D eigenvalue weighted by atomic mass is 19.2. The molecule has 0 bridgehead atoms. The molecule has 19 heavy (non-hydrogen) atoms. The maximum atomic E-state index is 13.0. The first-order chi connectivity index (χ1) is 9.06. The topological polar surface area (TPSA) is 70.8 Å². The van der Waals surface area contributed by atoms with Crippen LogP contribution in [-0.4, -0.2) is 39.5 Å². The quantitative estimate of drug-likeness (QED) is 0.462. The Labute approximate surface area is 109 Å². The van der Waals surface area contributed by atoms with E-state index in [1.165, 1.54) is 7.11 Å². The number of benzene rings is 1. The molecule has 1 aromatic carbocycles. The van der Waals surface area contributed by atoms with E-state index in [-0.39, 0.29) is 24.5 Å². The summed E-state index contributed by atoms with van der Waals surface area (Å²) in [5.74, 6) is -3.10. The second-order valence-corrected chi connectivity index (χ2v) is 3.59. The highest BCUT2D eigenvalue weighted by Gasteiger charge is 2.15. The largest absolute Gasteiger partial charge is 0.460 e. The predicted octanol–water partition coefficient (Wildman–Crippen LogP) is 1.37. The maximum Gasteiger partial charge on any atom is 0.340 e. The van der Waals surface area contributed by atoms with E-state index in [2.05, 4.69) is 0 Å². The van der Waals surface area contributed by atoms with Crippen molar-refractivity contribution in [1.82, 2.24) is 0 Å². The SMILES string of the molecule is COCCOCCOC(=O)c1cc(F)c(F)cc1N. The molecule has 0 aliphatic rings. The Kier molecular flexibility index (Phi) is 6.17. The van der Waals surface area contributed by atoms with Crippen LogP contribution in [0.5, 0.6) is 0 Å². The van der Waals surface area contributed by atoms with Gasteiger partial charge in [-0.05, 0) is 6.07 Å². The second kappa shape index (κ2) is 7.65. The number of nitrogen functional groups attached to an aromatic ring is 1. The van der Waals surface area contributed by atoms with E-state index in [4.69, 9.17) is 19.9 Å². The van der Waals surface area contributed by atoms with E-state index in [0.29, 0.717) is 19.3 Å². The molecule has 0 aliphatic heterocycles. The summed E-state index contributed by atoms with van der Waals surface area (Å²) in [7, 11) is 1.54. The molecular weight excluding hydrogens is 260 g/mol. The normalized spacial score (nSPS) is 10.5. The van der Waals surface area contributed by atoms with Gasteiger partial charge in [0.1, 0.15) is 6.61 Å². The van der Waals surface area contributed by atoms with Crippen molar-refractivity contribution in [3.05, 3.63) is 29.3 Å². The van der Waals surface area contributed by atoms with E-state index >= 15 is 0 Å². The van der Waals surface area contributed by atoms with E-state index in [1.54, 1.807) is 0 Å². The molecule has 1 rings (SSSR count). The molecule has 0 aliphatic carbocycles. The van der Waals surface area contributed by atoms with Crippen LogP contribution in [0.25, 0.3) is 0 Å². The molecule has 0 heterocycles. The molecule has 1 aromatic rings. The molecular formula is C12H15F2NO4. The zero-order valence-electron chi connectivity index (χ0n) is 10.4. The third kappa shape index (κ3) is 4.80. The number of ether oxygens (including phenoxy) is 3. The fraction of sp³-hybridized carbons (Fsp3) is 0.417. The lowest BCUT2D eigenvalue weighted by Crippen LogP contribution is -2.14. The number of halogens is 2. The van der Waals surface area contributed by atoms with Gasteiger partial charge in [-0.2, -0.15) is 0 Å². The zero-order valence-corrected chi connectivity index (χ0v) is 10.4. The summed E-state index contributed by atoms with van der Waals surface area (Å²) in [6, 6.07) is 1.44. The van der Waals surface area contributed by atoms with Gasteiger partial charge < -0.3 is 19.9 Å². The maximum absolute atomic E-state index is 13.0. The summed E-state index contributed by atoms with van der Waals surface area (Å²) < 4.78 is 40.4. The first-order valence-corrected chi connectivity index (χ1v) is 5.54. The van der Waals surface area contributed by atoms with Crippen molar-refractivity contribution in [1.29, 1.82) is 0 Å². The lowest BCUT2D eigenvalue weighted by Gasteiger charge is -2.08. The molecule has 7 heteroatoms. The lowest BCUT2D eigenvalue weighted by molar-refractivity contribution is 0.0214. The molecule has 0 fully saturated rings. The molecule has 0 unspecified atom stereocenters. The minimum Gasteiger partial charge on any atom is -0.460 e. The minimum absolute atomic E-state index is 0.0129. The van der Waals surface area contributed by atoms with E-state index < -0.39 is 17.6 Å². The fourth-order valence-corrected chi connectivity index (χ4v) is 1.25. The number of esters is 1. The Morgan fingerprint density at radius 2 is 1.79 bits per heavy atom. The number of rotatable bonds is 7. The predicted molar refractivity (Wildman–Crippen MR) is 63.7 cm³/mol. The average molecular weight is 275 g/mol. The van der Waals surface area contributed by atoms with E-state index in [1.807, 2.05) is 0 Å².